The van der Waals surface area contributed by atoms with E-state index in [2.05, 4.69) is 5.32 Å². The van der Waals surface area contributed by atoms with Crippen molar-refractivity contribution >= 4 is 11.8 Å². The van der Waals surface area contributed by atoms with Crippen molar-refractivity contribution < 1.29 is 23.8 Å². The molecule has 3 rings (SSSR count). The summed E-state index contributed by atoms with van der Waals surface area (Å²) in [5, 5.41) is 3.15. The fourth-order valence-corrected chi connectivity index (χ4v) is 4.59. The van der Waals surface area contributed by atoms with Crippen molar-refractivity contribution in [1.29, 1.82) is 0 Å². The second kappa shape index (κ2) is 13.8. The SMILES string of the molecule is CCOc1ccc(CCC(=O)N(Cc2cccc(OC)c2)C(C)C(=O)NC2CCCC2)cc1OCC. The first kappa shape index (κ1) is 27.4. The normalized spacial score (nSPS) is 14.2. The summed E-state index contributed by atoms with van der Waals surface area (Å²) in [6, 6.07) is 13.0. The average molecular weight is 497 g/mol. The summed E-state index contributed by atoms with van der Waals surface area (Å²) in [7, 11) is 1.62. The van der Waals surface area contributed by atoms with Crippen molar-refractivity contribution in [1.82, 2.24) is 10.2 Å². The summed E-state index contributed by atoms with van der Waals surface area (Å²) in [5.74, 6) is 1.94. The Kier molecular flexibility index (Phi) is 10.5. The van der Waals surface area contributed by atoms with Gasteiger partial charge in [-0.3, -0.25) is 9.59 Å². The fraction of sp³-hybridized carbons (Fsp3) is 0.517. The Morgan fingerprint density at radius 1 is 1.00 bits per heavy atom. The summed E-state index contributed by atoms with van der Waals surface area (Å²) in [6.07, 6.45) is 5.10. The van der Waals surface area contributed by atoms with Gasteiger partial charge in [-0.05, 0) is 75.4 Å². The van der Waals surface area contributed by atoms with Crippen LogP contribution in [0.5, 0.6) is 17.2 Å². The molecule has 1 saturated carbocycles. The standard InChI is InChI=1S/C29H40N2O5/c1-5-35-26-16-14-22(19-27(26)36-6-2)15-17-28(32)31(20-23-10-9-13-25(18-23)34-4)21(3)29(33)30-24-11-7-8-12-24/h9-10,13-14,16,18-19,21,24H,5-8,11-12,15,17,20H2,1-4H3,(H,30,33). The molecule has 1 atom stereocenters. The summed E-state index contributed by atoms with van der Waals surface area (Å²) in [6.45, 7) is 7.10. The van der Waals surface area contributed by atoms with Gasteiger partial charge in [0.2, 0.25) is 11.8 Å². The molecule has 0 saturated heterocycles. The first-order chi connectivity index (χ1) is 17.4. The number of benzene rings is 2. The van der Waals surface area contributed by atoms with E-state index in [0.717, 1.165) is 42.6 Å². The van der Waals surface area contributed by atoms with E-state index < -0.39 is 6.04 Å². The van der Waals surface area contributed by atoms with Crippen LogP contribution in [-0.4, -0.2) is 49.1 Å². The molecule has 36 heavy (non-hydrogen) atoms. The van der Waals surface area contributed by atoms with Crippen molar-refractivity contribution in [3.8, 4) is 17.2 Å². The molecule has 7 heteroatoms. The van der Waals surface area contributed by atoms with Gasteiger partial charge in [0, 0.05) is 19.0 Å². The number of carbonyl (C=O) groups is 2. The van der Waals surface area contributed by atoms with Crippen LogP contribution in [0, 0.1) is 0 Å². The molecule has 0 radical (unpaired) electrons. The summed E-state index contributed by atoms with van der Waals surface area (Å²) >= 11 is 0. The van der Waals surface area contributed by atoms with Crippen LogP contribution in [0.15, 0.2) is 42.5 Å². The fourth-order valence-electron chi connectivity index (χ4n) is 4.59. The molecule has 0 bridgehead atoms. The summed E-state index contributed by atoms with van der Waals surface area (Å²) in [4.78, 5) is 28.3. The third-order valence-electron chi connectivity index (χ3n) is 6.59. The van der Waals surface area contributed by atoms with Gasteiger partial charge in [-0.15, -0.1) is 0 Å². The second-order valence-corrected chi connectivity index (χ2v) is 9.19. The molecule has 0 aliphatic heterocycles. The lowest BCUT2D eigenvalue weighted by atomic mass is 10.1. The van der Waals surface area contributed by atoms with Gasteiger partial charge >= 0.3 is 0 Å². The van der Waals surface area contributed by atoms with Crippen LogP contribution in [0.1, 0.15) is 64.0 Å². The molecule has 0 heterocycles. The highest BCUT2D eigenvalue weighted by molar-refractivity contribution is 5.87. The summed E-state index contributed by atoms with van der Waals surface area (Å²) < 4.78 is 16.7. The predicted molar refractivity (Wildman–Crippen MR) is 141 cm³/mol. The highest BCUT2D eigenvalue weighted by atomic mass is 16.5. The molecule has 1 aliphatic rings. The topological polar surface area (TPSA) is 77.1 Å². The van der Waals surface area contributed by atoms with Crippen molar-refractivity contribution in [2.24, 2.45) is 0 Å². The van der Waals surface area contributed by atoms with E-state index in [9.17, 15) is 9.59 Å². The third kappa shape index (κ3) is 7.64. The Morgan fingerprint density at radius 3 is 2.42 bits per heavy atom. The van der Waals surface area contributed by atoms with Gasteiger partial charge in [-0.25, -0.2) is 0 Å². The van der Waals surface area contributed by atoms with Crippen LogP contribution in [0.25, 0.3) is 0 Å². The van der Waals surface area contributed by atoms with Gasteiger partial charge in [0.15, 0.2) is 11.5 Å². The minimum absolute atomic E-state index is 0.0706. The molecule has 2 amide bonds. The lowest BCUT2D eigenvalue weighted by Crippen LogP contribution is -2.49. The maximum absolute atomic E-state index is 13.5. The minimum atomic E-state index is -0.580. The van der Waals surface area contributed by atoms with Crippen LogP contribution in [-0.2, 0) is 22.6 Å². The number of ether oxygens (including phenoxy) is 3. The average Bonchev–Trinajstić information content (AvgIpc) is 3.40. The first-order valence-electron chi connectivity index (χ1n) is 13.1. The Morgan fingerprint density at radius 2 is 1.72 bits per heavy atom. The zero-order valence-electron chi connectivity index (χ0n) is 22.0. The molecular weight excluding hydrogens is 456 g/mol. The number of amides is 2. The van der Waals surface area contributed by atoms with Gasteiger partial charge in [0.05, 0.1) is 20.3 Å². The zero-order chi connectivity index (χ0) is 25.9. The zero-order valence-corrected chi connectivity index (χ0v) is 22.0. The number of nitrogens with zero attached hydrogens (tertiary/aromatic N) is 1. The van der Waals surface area contributed by atoms with Crippen LogP contribution in [0.4, 0.5) is 0 Å². The molecule has 196 valence electrons. The van der Waals surface area contributed by atoms with Crippen LogP contribution < -0.4 is 19.5 Å². The lowest BCUT2D eigenvalue weighted by Gasteiger charge is -2.30. The number of hydrogen-bond donors (Lipinski definition) is 1. The largest absolute Gasteiger partial charge is 0.497 e. The van der Waals surface area contributed by atoms with Gasteiger partial charge < -0.3 is 24.4 Å². The molecule has 7 nitrogen and oxygen atoms in total. The molecule has 1 unspecified atom stereocenters. The number of hydrogen-bond acceptors (Lipinski definition) is 5. The maximum Gasteiger partial charge on any atom is 0.242 e. The summed E-state index contributed by atoms with van der Waals surface area (Å²) in [5.41, 5.74) is 1.91. The second-order valence-electron chi connectivity index (χ2n) is 9.19. The van der Waals surface area contributed by atoms with E-state index in [1.165, 1.54) is 0 Å². The number of rotatable bonds is 13. The number of aryl methyl sites for hydroxylation is 1. The van der Waals surface area contributed by atoms with Crippen LogP contribution in [0.3, 0.4) is 0 Å². The van der Waals surface area contributed by atoms with E-state index in [-0.39, 0.29) is 24.3 Å². The Labute approximate surface area is 215 Å². The third-order valence-corrected chi connectivity index (χ3v) is 6.59. The molecule has 0 aromatic heterocycles. The smallest absolute Gasteiger partial charge is 0.242 e. The van der Waals surface area contributed by atoms with E-state index in [4.69, 9.17) is 14.2 Å². The first-order valence-corrected chi connectivity index (χ1v) is 13.1. The van der Waals surface area contributed by atoms with E-state index >= 15 is 0 Å². The van der Waals surface area contributed by atoms with Gasteiger partial charge in [0.25, 0.3) is 0 Å². The molecule has 0 spiro atoms. The van der Waals surface area contributed by atoms with Crippen molar-refractivity contribution in [2.45, 2.75) is 77.9 Å². The van der Waals surface area contributed by atoms with Crippen molar-refractivity contribution in [3.05, 3.63) is 53.6 Å². The highest BCUT2D eigenvalue weighted by Crippen LogP contribution is 2.29. The Balaban J connectivity index is 1.74. The number of methoxy groups -OCH3 is 1. The van der Waals surface area contributed by atoms with Crippen molar-refractivity contribution in [3.63, 3.8) is 0 Å². The molecule has 1 aliphatic carbocycles. The molecule has 1 N–H and O–H groups in total. The molecule has 2 aromatic carbocycles. The van der Waals surface area contributed by atoms with Gasteiger partial charge in [-0.2, -0.15) is 0 Å². The predicted octanol–water partition coefficient (Wildman–Crippen LogP) is 4.90. The molecule has 1 fully saturated rings. The van der Waals surface area contributed by atoms with E-state index in [1.54, 1.807) is 12.0 Å². The quantitative estimate of drug-likeness (QED) is 0.427. The molecular formula is C29H40N2O5. The minimum Gasteiger partial charge on any atom is -0.497 e. The molecule has 2 aromatic rings. The number of nitrogens with one attached hydrogen (secondary N) is 1. The van der Waals surface area contributed by atoms with Gasteiger partial charge in [-0.1, -0.05) is 31.0 Å². The van der Waals surface area contributed by atoms with Crippen molar-refractivity contribution in [2.75, 3.05) is 20.3 Å². The monoisotopic (exact) mass is 496 g/mol. The van der Waals surface area contributed by atoms with Gasteiger partial charge in [0.1, 0.15) is 11.8 Å². The van der Waals surface area contributed by atoms with E-state index in [0.29, 0.717) is 37.7 Å². The number of carbonyl (C=O) groups excluding carboxylic acids is 2. The Hall–Kier alpha value is -3.22. The maximum atomic E-state index is 13.5. The van der Waals surface area contributed by atoms with E-state index in [1.807, 2.05) is 63.2 Å². The Bertz CT molecular complexity index is 1000. The van der Waals surface area contributed by atoms with Crippen LogP contribution in [0.2, 0.25) is 0 Å². The van der Waals surface area contributed by atoms with Crippen LogP contribution >= 0.6 is 0 Å². The lowest BCUT2D eigenvalue weighted by molar-refractivity contribution is -0.140. The highest BCUT2D eigenvalue weighted by Gasteiger charge is 2.28.